The Morgan fingerprint density at radius 2 is 1.45 bits per heavy atom. The monoisotopic (exact) mass is 407 g/mol. The van der Waals surface area contributed by atoms with Crippen LogP contribution in [0.15, 0.2) is 86.2 Å². The number of para-hydroxylation sites is 2. The highest BCUT2D eigenvalue weighted by molar-refractivity contribution is 6.50. The summed E-state index contributed by atoms with van der Waals surface area (Å²) in [5, 5.41) is 1.84. The third-order valence-electron chi connectivity index (χ3n) is 5.72. The number of H-pyrrole nitrogens is 1. The van der Waals surface area contributed by atoms with Crippen molar-refractivity contribution in [1.29, 1.82) is 0 Å². The van der Waals surface area contributed by atoms with Crippen molar-refractivity contribution >= 4 is 44.8 Å². The predicted octanol–water partition coefficient (Wildman–Crippen LogP) is 4.77. The van der Waals surface area contributed by atoms with Crippen LogP contribution in [0.2, 0.25) is 0 Å². The third kappa shape index (κ3) is 2.78. The summed E-state index contributed by atoms with van der Waals surface area (Å²) in [5.74, 6) is -0.600. The average molecular weight is 407 g/mol. The zero-order valence-electron chi connectivity index (χ0n) is 17.0. The van der Waals surface area contributed by atoms with E-state index in [1.807, 2.05) is 71.6 Å². The minimum atomic E-state index is -0.301. The van der Waals surface area contributed by atoms with Crippen LogP contribution in [0.5, 0.6) is 0 Å². The molecule has 5 nitrogen and oxygen atoms in total. The van der Waals surface area contributed by atoms with Crippen LogP contribution in [0.1, 0.15) is 11.1 Å². The molecular weight excluding hydrogens is 386 g/mol. The van der Waals surface area contributed by atoms with Crippen molar-refractivity contribution in [2.45, 2.75) is 6.54 Å². The maximum Gasteiger partial charge on any atom is 0.262 e. The number of fused-ring (bicyclic) bond motifs is 2. The number of aromatic nitrogens is 2. The topological polar surface area (TPSA) is 58.1 Å². The van der Waals surface area contributed by atoms with Gasteiger partial charge < -0.3 is 9.55 Å². The second-order valence-electron chi connectivity index (χ2n) is 7.51. The molecule has 0 bridgehead atoms. The molecule has 0 fully saturated rings. The van der Waals surface area contributed by atoms with E-state index >= 15 is 0 Å². The van der Waals surface area contributed by atoms with Crippen molar-refractivity contribution in [2.75, 3.05) is 6.54 Å². The van der Waals surface area contributed by atoms with E-state index in [-0.39, 0.29) is 18.4 Å². The quantitative estimate of drug-likeness (QED) is 0.370. The first-order valence-corrected chi connectivity index (χ1v) is 10.1. The first kappa shape index (κ1) is 18.9. The largest absolute Gasteiger partial charge is 0.361 e. The lowest BCUT2D eigenvalue weighted by Gasteiger charge is -2.11. The minimum absolute atomic E-state index is 0.165. The second-order valence-corrected chi connectivity index (χ2v) is 7.51. The molecule has 0 saturated heterocycles. The SMILES string of the molecule is C=CCN1C(=O)C(c2c[nH]c3ccccc23)=C(c2cn(CC=C)c3ccccc23)C1=O. The molecule has 4 aromatic rings. The van der Waals surface area contributed by atoms with Gasteiger partial charge in [0.05, 0.1) is 11.1 Å². The molecule has 5 rings (SSSR count). The summed E-state index contributed by atoms with van der Waals surface area (Å²) < 4.78 is 2.05. The number of carbonyl (C=O) groups is 2. The van der Waals surface area contributed by atoms with Gasteiger partial charge in [0.2, 0.25) is 0 Å². The zero-order valence-corrected chi connectivity index (χ0v) is 17.0. The average Bonchev–Trinajstić information content (AvgIpc) is 3.43. The number of benzene rings is 2. The molecule has 1 N–H and O–H groups in total. The van der Waals surface area contributed by atoms with Gasteiger partial charge in [-0.25, -0.2) is 0 Å². The number of nitrogens with zero attached hydrogens (tertiary/aromatic N) is 2. The molecule has 0 saturated carbocycles. The van der Waals surface area contributed by atoms with Crippen molar-refractivity contribution in [1.82, 2.24) is 14.5 Å². The van der Waals surface area contributed by atoms with Crippen molar-refractivity contribution in [3.05, 3.63) is 97.4 Å². The molecule has 152 valence electrons. The van der Waals surface area contributed by atoms with Crippen molar-refractivity contribution in [3.63, 3.8) is 0 Å². The Kier molecular flexibility index (Phi) is 4.44. The van der Waals surface area contributed by atoms with Crippen LogP contribution in [-0.4, -0.2) is 32.8 Å². The smallest absolute Gasteiger partial charge is 0.262 e. The lowest BCUT2D eigenvalue weighted by atomic mass is 9.95. The van der Waals surface area contributed by atoms with Crippen LogP contribution in [0.25, 0.3) is 33.0 Å². The van der Waals surface area contributed by atoms with E-state index in [2.05, 4.69) is 18.1 Å². The van der Waals surface area contributed by atoms with Crippen molar-refractivity contribution < 1.29 is 9.59 Å². The van der Waals surface area contributed by atoms with Gasteiger partial charge in [-0.1, -0.05) is 48.6 Å². The number of hydrogen-bond acceptors (Lipinski definition) is 2. The van der Waals surface area contributed by atoms with E-state index in [9.17, 15) is 9.59 Å². The van der Waals surface area contributed by atoms with E-state index in [4.69, 9.17) is 0 Å². The van der Waals surface area contributed by atoms with Gasteiger partial charge >= 0.3 is 0 Å². The molecule has 0 unspecified atom stereocenters. The highest BCUT2D eigenvalue weighted by Crippen LogP contribution is 2.41. The highest BCUT2D eigenvalue weighted by atomic mass is 16.2. The Labute approximate surface area is 179 Å². The normalized spacial score (nSPS) is 14.3. The number of carbonyl (C=O) groups excluding carboxylic acids is 2. The summed E-state index contributed by atoms with van der Waals surface area (Å²) in [5.41, 5.74) is 4.24. The molecule has 31 heavy (non-hydrogen) atoms. The number of nitrogens with one attached hydrogen (secondary N) is 1. The van der Waals surface area contributed by atoms with Crippen LogP contribution >= 0.6 is 0 Å². The lowest BCUT2D eigenvalue weighted by molar-refractivity contribution is -0.135. The van der Waals surface area contributed by atoms with Crippen LogP contribution < -0.4 is 0 Å². The molecule has 2 aromatic heterocycles. The van der Waals surface area contributed by atoms with E-state index in [0.29, 0.717) is 17.7 Å². The molecule has 2 aromatic carbocycles. The molecule has 0 spiro atoms. The van der Waals surface area contributed by atoms with Gasteiger partial charge in [0.25, 0.3) is 11.8 Å². The molecule has 5 heteroatoms. The highest BCUT2D eigenvalue weighted by Gasteiger charge is 2.40. The molecule has 3 heterocycles. The molecule has 0 radical (unpaired) electrons. The summed E-state index contributed by atoms with van der Waals surface area (Å²) in [6.07, 6.45) is 7.15. The van der Waals surface area contributed by atoms with Gasteiger partial charge in [0.1, 0.15) is 0 Å². The Morgan fingerprint density at radius 1 is 0.806 bits per heavy atom. The maximum absolute atomic E-state index is 13.5. The number of allylic oxidation sites excluding steroid dienone is 1. The fraction of sp³-hybridized carbons (Fsp3) is 0.0769. The van der Waals surface area contributed by atoms with Gasteiger partial charge in [-0.05, 0) is 12.1 Å². The minimum Gasteiger partial charge on any atom is -0.361 e. The van der Waals surface area contributed by atoms with E-state index in [1.54, 1.807) is 6.08 Å². The Balaban J connectivity index is 1.84. The van der Waals surface area contributed by atoms with Gasteiger partial charge in [-0.3, -0.25) is 14.5 Å². The number of rotatable bonds is 6. The van der Waals surface area contributed by atoms with E-state index < -0.39 is 0 Å². The maximum atomic E-state index is 13.5. The zero-order chi connectivity index (χ0) is 21.5. The second kappa shape index (κ2) is 7.29. The summed E-state index contributed by atoms with van der Waals surface area (Å²) >= 11 is 0. The van der Waals surface area contributed by atoms with Crippen molar-refractivity contribution in [2.24, 2.45) is 0 Å². The number of amides is 2. The van der Waals surface area contributed by atoms with Crippen LogP contribution in [-0.2, 0) is 16.1 Å². The molecule has 0 atom stereocenters. The first-order valence-electron chi connectivity index (χ1n) is 10.1. The molecule has 2 amide bonds. The van der Waals surface area contributed by atoms with Gasteiger partial charge in [-0.15, -0.1) is 13.2 Å². The van der Waals surface area contributed by atoms with E-state index in [0.717, 1.165) is 32.9 Å². The molecule has 1 aliphatic rings. The standard InChI is InChI=1S/C26H21N3O2/c1-3-13-28-16-20(18-10-6-8-12-22(18)28)24-23(25(30)29(14-4-2)26(24)31)19-15-27-21-11-7-5-9-17(19)21/h3-12,15-16,27H,1-2,13-14H2. The number of hydrogen-bond donors (Lipinski definition) is 1. The van der Waals surface area contributed by atoms with E-state index in [1.165, 1.54) is 4.90 Å². The van der Waals surface area contributed by atoms with Crippen molar-refractivity contribution in [3.8, 4) is 0 Å². The van der Waals surface area contributed by atoms with Gasteiger partial charge in [-0.2, -0.15) is 0 Å². The fourth-order valence-corrected chi connectivity index (χ4v) is 4.39. The van der Waals surface area contributed by atoms with Gasteiger partial charge in [0.15, 0.2) is 0 Å². The lowest BCUT2D eigenvalue weighted by Crippen LogP contribution is -2.31. The Hall–Kier alpha value is -4.12. The summed E-state index contributed by atoms with van der Waals surface area (Å²) in [6, 6.07) is 15.7. The molecular formula is C26H21N3O2. The van der Waals surface area contributed by atoms with Crippen LogP contribution in [0.3, 0.4) is 0 Å². The fourth-order valence-electron chi connectivity index (χ4n) is 4.39. The molecule has 1 aliphatic heterocycles. The summed E-state index contributed by atoms with van der Waals surface area (Å²) in [6.45, 7) is 8.34. The summed E-state index contributed by atoms with van der Waals surface area (Å²) in [7, 11) is 0. The number of imide groups is 1. The van der Waals surface area contributed by atoms with Crippen LogP contribution in [0.4, 0.5) is 0 Å². The Morgan fingerprint density at radius 3 is 2.19 bits per heavy atom. The number of aromatic amines is 1. The van der Waals surface area contributed by atoms with Gasteiger partial charge in [0, 0.05) is 58.4 Å². The first-order chi connectivity index (χ1) is 15.2. The molecule has 0 aliphatic carbocycles. The summed E-state index contributed by atoms with van der Waals surface area (Å²) in [4.78, 5) is 31.5. The van der Waals surface area contributed by atoms with Crippen LogP contribution in [0, 0.1) is 0 Å². The Bertz CT molecular complexity index is 1420. The predicted molar refractivity (Wildman–Crippen MR) is 124 cm³/mol. The third-order valence-corrected chi connectivity index (χ3v) is 5.72.